The summed E-state index contributed by atoms with van der Waals surface area (Å²) in [5.41, 5.74) is 0. The number of hydrogen-bond donors (Lipinski definition) is 1. The first-order chi connectivity index (χ1) is 9.90. The van der Waals surface area contributed by atoms with E-state index in [1.54, 1.807) is 6.92 Å². The van der Waals surface area contributed by atoms with Crippen LogP contribution in [0.15, 0.2) is 6.20 Å². The minimum Gasteiger partial charge on any atom is -0.480 e. The number of nitro groups is 1. The van der Waals surface area contributed by atoms with Crippen LogP contribution in [0.25, 0.3) is 0 Å². The van der Waals surface area contributed by atoms with Crippen LogP contribution in [0.4, 0.5) is 5.82 Å². The summed E-state index contributed by atoms with van der Waals surface area (Å²) in [5, 5.41) is 19.7. The Kier molecular flexibility index (Phi) is 4.20. The third-order valence-corrected chi connectivity index (χ3v) is 3.58. The number of rotatable bonds is 5. The predicted molar refractivity (Wildman–Crippen MR) is 70.6 cm³/mol. The van der Waals surface area contributed by atoms with Crippen LogP contribution in [0.5, 0.6) is 0 Å². The van der Waals surface area contributed by atoms with Gasteiger partial charge >= 0.3 is 11.8 Å². The number of aliphatic carboxylic acids is 1. The third-order valence-electron chi connectivity index (χ3n) is 3.58. The van der Waals surface area contributed by atoms with Gasteiger partial charge in [0.15, 0.2) is 0 Å². The molecule has 1 aliphatic rings. The molecule has 0 aliphatic carbocycles. The molecular formula is C12H16N4O5. The molecule has 0 radical (unpaired) electrons. The molecule has 1 unspecified atom stereocenters. The minimum absolute atomic E-state index is 0.0954. The van der Waals surface area contributed by atoms with Gasteiger partial charge in [0.25, 0.3) is 0 Å². The molecule has 114 valence electrons. The van der Waals surface area contributed by atoms with E-state index < -0.39 is 16.9 Å². The van der Waals surface area contributed by atoms with Crippen LogP contribution in [-0.2, 0) is 16.1 Å². The van der Waals surface area contributed by atoms with Gasteiger partial charge in [-0.2, -0.15) is 0 Å². The number of amides is 1. The number of carbonyl (C=O) groups is 2. The summed E-state index contributed by atoms with van der Waals surface area (Å²) >= 11 is 0. The predicted octanol–water partition coefficient (Wildman–Crippen LogP) is 0.565. The van der Waals surface area contributed by atoms with Crippen LogP contribution >= 0.6 is 0 Å². The Morgan fingerprint density at radius 2 is 2.29 bits per heavy atom. The molecule has 9 nitrogen and oxygen atoms in total. The van der Waals surface area contributed by atoms with Gasteiger partial charge in [-0.05, 0) is 22.7 Å². The fraction of sp³-hybridized carbons (Fsp3) is 0.583. The first kappa shape index (κ1) is 14.9. The molecule has 2 rings (SSSR count). The summed E-state index contributed by atoms with van der Waals surface area (Å²) in [4.78, 5) is 38.3. The monoisotopic (exact) mass is 296 g/mol. The molecule has 1 N–H and O–H groups in total. The molecule has 1 fully saturated rings. The van der Waals surface area contributed by atoms with Crippen molar-refractivity contribution in [2.24, 2.45) is 0 Å². The summed E-state index contributed by atoms with van der Waals surface area (Å²) in [6.45, 7) is 2.31. The zero-order valence-electron chi connectivity index (χ0n) is 11.6. The largest absolute Gasteiger partial charge is 0.480 e. The normalized spacial score (nSPS) is 18.0. The molecule has 1 aliphatic heterocycles. The van der Waals surface area contributed by atoms with Gasteiger partial charge in [0.1, 0.15) is 12.2 Å². The summed E-state index contributed by atoms with van der Waals surface area (Å²) in [7, 11) is 0. The fourth-order valence-electron chi connectivity index (χ4n) is 2.49. The zero-order chi connectivity index (χ0) is 15.6. The van der Waals surface area contributed by atoms with Gasteiger partial charge in [-0.15, -0.1) is 0 Å². The van der Waals surface area contributed by atoms with Crippen molar-refractivity contribution in [2.45, 2.75) is 38.8 Å². The molecule has 0 saturated carbocycles. The molecule has 0 aromatic carbocycles. The minimum atomic E-state index is -0.990. The third kappa shape index (κ3) is 3.18. The summed E-state index contributed by atoms with van der Waals surface area (Å²) in [6, 6.07) is -0.754. The van der Waals surface area contributed by atoms with Crippen molar-refractivity contribution in [2.75, 3.05) is 6.54 Å². The number of nitrogens with zero attached hydrogens (tertiary/aromatic N) is 4. The molecule has 1 amide bonds. The van der Waals surface area contributed by atoms with Crippen LogP contribution in [0.3, 0.4) is 0 Å². The fourth-order valence-corrected chi connectivity index (χ4v) is 2.49. The number of carboxylic acid groups (broad SMARTS) is 1. The summed E-state index contributed by atoms with van der Waals surface area (Å²) < 4.78 is 1.53. The number of hydrogen-bond acceptors (Lipinski definition) is 5. The Morgan fingerprint density at radius 1 is 1.57 bits per heavy atom. The zero-order valence-corrected chi connectivity index (χ0v) is 11.6. The lowest BCUT2D eigenvalue weighted by molar-refractivity contribution is -0.389. The quantitative estimate of drug-likeness (QED) is 0.626. The van der Waals surface area contributed by atoms with Crippen LogP contribution in [-0.4, -0.2) is 48.9 Å². The molecule has 0 spiro atoms. The van der Waals surface area contributed by atoms with Crippen molar-refractivity contribution in [3.63, 3.8) is 0 Å². The van der Waals surface area contributed by atoms with Crippen molar-refractivity contribution in [1.82, 2.24) is 14.5 Å². The maximum absolute atomic E-state index is 12.1. The van der Waals surface area contributed by atoms with E-state index in [9.17, 15) is 19.7 Å². The van der Waals surface area contributed by atoms with Crippen LogP contribution in [0.2, 0.25) is 0 Å². The molecule has 9 heteroatoms. The van der Waals surface area contributed by atoms with Gasteiger partial charge in [0.05, 0.1) is 0 Å². The highest BCUT2D eigenvalue weighted by atomic mass is 16.6. The number of carbonyl (C=O) groups excluding carboxylic acids is 1. The second-order valence-corrected chi connectivity index (χ2v) is 4.93. The first-order valence-electron chi connectivity index (χ1n) is 6.60. The van der Waals surface area contributed by atoms with Crippen molar-refractivity contribution < 1.29 is 19.6 Å². The van der Waals surface area contributed by atoms with E-state index in [0.29, 0.717) is 25.2 Å². The van der Waals surface area contributed by atoms with Crippen molar-refractivity contribution in [3.05, 3.63) is 22.1 Å². The second kappa shape index (κ2) is 5.90. The van der Waals surface area contributed by atoms with E-state index in [-0.39, 0.29) is 24.7 Å². The van der Waals surface area contributed by atoms with Gasteiger partial charge in [-0.25, -0.2) is 4.79 Å². The first-order valence-corrected chi connectivity index (χ1v) is 6.60. The smallest absolute Gasteiger partial charge is 0.381 e. The van der Waals surface area contributed by atoms with E-state index in [1.165, 1.54) is 15.7 Å². The number of imidazole rings is 1. The maximum Gasteiger partial charge on any atom is 0.381 e. The highest BCUT2D eigenvalue weighted by Crippen LogP contribution is 2.19. The van der Waals surface area contributed by atoms with Gasteiger partial charge in [0.2, 0.25) is 11.7 Å². The Balaban J connectivity index is 1.98. The summed E-state index contributed by atoms with van der Waals surface area (Å²) in [5.74, 6) is -1.05. The van der Waals surface area contributed by atoms with E-state index in [1.807, 2.05) is 0 Å². The van der Waals surface area contributed by atoms with Crippen molar-refractivity contribution >= 4 is 17.7 Å². The lowest BCUT2D eigenvalue weighted by Gasteiger charge is -2.21. The molecular weight excluding hydrogens is 280 g/mol. The molecule has 21 heavy (non-hydrogen) atoms. The standard InChI is InChI=1S/C12H16N4O5/c1-8-13-10(16(20)21)7-14(8)6-4-11(17)15-5-2-3-9(15)12(18)19/h7,9H,2-6H2,1H3,(H,18,19). The topological polar surface area (TPSA) is 119 Å². The SMILES string of the molecule is Cc1nc([N+](=O)[O-])cn1CCC(=O)N1CCCC1C(=O)O. The van der Waals surface area contributed by atoms with E-state index >= 15 is 0 Å². The van der Waals surface area contributed by atoms with E-state index in [4.69, 9.17) is 5.11 Å². The number of likely N-dealkylation sites (tertiary alicyclic amines) is 1. The van der Waals surface area contributed by atoms with Gasteiger partial charge in [-0.1, -0.05) is 0 Å². The molecule has 1 aromatic rings. The van der Waals surface area contributed by atoms with Gasteiger partial charge in [0, 0.05) is 26.4 Å². The van der Waals surface area contributed by atoms with Crippen molar-refractivity contribution in [3.8, 4) is 0 Å². The molecule has 1 aromatic heterocycles. The van der Waals surface area contributed by atoms with Crippen LogP contribution in [0.1, 0.15) is 25.1 Å². The number of aryl methyl sites for hydroxylation is 2. The van der Waals surface area contributed by atoms with Crippen molar-refractivity contribution in [1.29, 1.82) is 0 Å². The average Bonchev–Trinajstić information content (AvgIpc) is 3.02. The highest BCUT2D eigenvalue weighted by molar-refractivity contribution is 5.84. The Hall–Kier alpha value is -2.45. The van der Waals surface area contributed by atoms with E-state index in [0.717, 1.165) is 0 Å². The van der Waals surface area contributed by atoms with E-state index in [2.05, 4.69) is 4.98 Å². The molecule has 2 heterocycles. The average molecular weight is 296 g/mol. The summed E-state index contributed by atoms with van der Waals surface area (Å²) in [6.07, 6.45) is 2.52. The molecule has 0 bridgehead atoms. The molecule has 1 atom stereocenters. The number of carboxylic acids is 1. The van der Waals surface area contributed by atoms with Gasteiger partial charge < -0.3 is 24.7 Å². The Labute approximate surface area is 120 Å². The van der Waals surface area contributed by atoms with Gasteiger partial charge in [-0.3, -0.25) is 4.79 Å². The highest BCUT2D eigenvalue weighted by Gasteiger charge is 2.33. The lowest BCUT2D eigenvalue weighted by atomic mass is 10.2. The van der Waals surface area contributed by atoms with Crippen LogP contribution < -0.4 is 0 Å². The second-order valence-electron chi connectivity index (χ2n) is 4.93. The number of aromatic nitrogens is 2. The Bertz CT molecular complexity index is 582. The lowest BCUT2D eigenvalue weighted by Crippen LogP contribution is -2.40. The van der Waals surface area contributed by atoms with Crippen LogP contribution in [0, 0.1) is 17.0 Å². The molecule has 1 saturated heterocycles. The Morgan fingerprint density at radius 3 is 2.86 bits per heavy atom. The maximum atomic E-state index is 12.1.